The Kier molecular flexibility index (Phi) is 6.89. The van der Waals surface area contributed by atoms with Gasteiger partial charge in [0.15, 0.2) is 5.82 Å². The molecule has 0 spiro atoms. The highest BCUT2D eigenvalue weighted by Gasteiger charge is 2.38. The predicted octanol–water partition coefficient (Wildman–Crippen LogP) is 4.52. The average Bonchev–Trinajstić information content (AvgIpc) is 3.42. The smallest absolute Gasteiger partial charge is 0.257 e. The van der Waals surface area contributed by atoms with E-state index in [0.717, 1.165) is 31.3 Å². The molecule has 9 nitrogen and oxygen atoms in total. The molecule has 4 aromatic rings. The van der Waals surface area contributed by atoms with Crippen LogP contribution in [0.5, 0.6) is 5.75 Å². The standard InChI is InChI=1S/C27H31FN8O/c1-5-18-15-35(26-25-24(11-8-17(13-29)31-25)36-16-30-33-27(36)32-26)19(6-2)14-34(18)23(7-3)21-10-9-20(37-4)12-22(21)28/h8-12,16,18-19,23H,5-7,14-15H2,1-4H3/t18-,19+,23-/m1/s1. The topological polar surface area (TPSA) is 95.5 Å². The van der Waals surface area contributed by atoms with E-state index in [9.17, 15) is 5.26 Å². The zero-order valence-corrected chi connectivity index (χ0v) is 21.6. The van der Waals surface area contributed by atoms with E-state index >= 15 is 4.39 Å². The van der Waals surface area contributed by atoms with Crippen molar-refractivity contribution in [1.82, 2.24) is 29.5 Å². The molecular formula is C27H31FN8O. The highest BCUT2D eigenvalue weighted by atomic mass is 19.1. The van der Waals surface area contributed by atoms with Gasteiger partial charge in [-0.15, -0.1) is 10.2 Å². The van der Waals surface area contributed by atoms with Crippen LogP contribution >= 0.6 is 0 Å². The number of piperazine rings is 1. The Morgan fingerprint density at radius 2 is 1.92 bits per heavy atom. The van der Waals surface area contributed by atoms with Crippen LogP contribution in [0.3, 0.4) is 0 Å². The van der Waals surface area contributed by atoms with Crippen LogP contribution in [0, 0.1) is 17.1 Å². The van der Waals surface area contributed by atoms with Gasteiger partial charge in [0.05, 0.1) is 12.6 Å². The molecule has 0 unspecified atom stereocenters. The number of methoxy groups -OCH3 is 1. The maximum atomic E-state index is 15.2. The molecule has 1 aliphatic rings. The SMILES string of the molecule is CC[C@H]1CN([C@H](CC)c2ccc(OC)cc2F)[C@H](CC)CN1c1nc2nncn2c2ccc(C#N)nc12. The molecule has 37 heavy (non-hydrogen) atoms. The molecule has 3 aromatic heterocycles. The van der Waals surface area contributed by atoms with E-state index in [2.05, 4.69) is 51.8 Å². The van der Waals surface area contributed by atoms with Crippen molar-refractivity contribution >= 4 is 22.6 Å². The summed E-state index contributed by atoms with van der Waals surface area (Å²) in [6.07, 6.45) is 4.16. The maximum absolute atomic E-state index is 15.2. The van der Waals surface area contributed by atoms with E-state index in [4.69, 9.17) is 9.72 Å². The molecule has 3 atom stereocenters. The molecule has 0 saturated carbocycles. The van der Waals surface area contributed by atoms with Crippen LogP contribution in [0.2, 0.25) is 0 Å². The van der Waals surface area contributed by atoms with Crippen molar-refractivity contribution in [2.45, 2.75) is 58.2 Å². The van der Waals surface area contributed by atoms with Gasteiger partial charge in [0.1, 0.15) is 35.2 Å². The van der Waals surface area contributed by atoms with Gasteiger partial charge in [0.2, 0.25) is 0 Å². The third kappa shape index (κ3) is 4.33. The van der Waals surface area contributed by atoms with Crippen molar-refractivity contribution in [2.75, 3.05) is 25.1 Å². The molecular weight excluding hydrogens is 471 g/mol. The van der Waals surface area contributed by atoms with E-state index in [1.807, 2.05) is 18.2 Å². The zero-order valence-electron chi connectivity index (χ0n) is 21.6. The van der Waals surface area contributed by atoms with Crippen LogP contribution in [0.1, 0.15) is 57.3 Å². The van der Waals surface area contributed by atoms with Crippen molar-refractivity contribution in [3.8, 4) is 11.8 Å². The zero-order chi connectivity index (χ0) is 26.1. The summed E-state index contributed by atoms with van der Waals surface area (Å²) in [5.74, 6) is 1.48. The first kappa shape index (κ1) is 24.8. The first-order valence-electron chi connectivity index (χ1n) is 12.8. The third-order valence-corrected chi connectivity index (χ3v) is 7.50. The van der Waals surface area contributed by atoms with E-state index in [0.29, 0.717) is 40.7 Å². The molecule has 5 rings (SSSR count). The molecule has 1 aromatic carbocycles. The van der Waals surface area contributed by atoms with E-state index < -0.39 is 0 Å². The summed E-state index contributed by atoms with van der Waals surface area (Å²) in [7, 11) is 1.55. The molecule has 192 valence electrons. The van der Waals surface area contributed by atoms with Gasteiger partial charge in [0, 0.05) is 42.8 Å². The fourth-order valence-corrected chi connectivity index (χ4v) is 5.56. The summed E-state index contributed by atoms with van der Waals surface area (Å²) in [6.45, 7) is 7.88. The molecule has 0 aliphatic carbocycles. The molecule has 1 saturated heterocycles. The number of aromatic nitrogens is 5. The Bertz CT molecular complexity index is 1460. The number of pyridine rings is 1. The first-order valence-corrected chi connectivity index (χ1v) is 12.8. The van der Waals surface area contributed by atoms with Crippen molar-refractivity contribution in [3.63, 3.8) is 0 Å². The lowest BCUT2D eigenvalue weighted by molar-refractivity contribution is 0.0877. The average molecular weight is 503 g/mol. The van der Waals surface area contributed by atoms with Crippen LogP contribution in [0.4, 0.5) is 10.2 Å². The molecule has 0 amide bonds. The highest BCUT2D eigenvalue weighted by molar-refractivity contribution is 5.88. The fraction of sp³-hybridized carbons (Fsp3) is 0.444. The fourth-order valence-electron chi connectivity index (χ4n) is 5.56. The summed E-state index contributed by atoms with van der Waals surface area (Å²) in [5, 5.41) is 17.7. The number of hydrogen-bond acceptors (Lipinski definition) is 8. The predicted molar refractivity (Wildman–Crippen MR) is 139 cm³/mol. The second-order valence-corrected chi connectivity index (χ2v) is 9.40. The lowest BCUT2D eigenvalue weighted by Crippen LogP contribution is -2.59. The number of nitrogens with zero attached hydrogens (tertiary/aromatic N) is 8. The number of ether oxygens (including phenoxy) is 1. The van der Waals surface area contributed by atoms with Gasteiger partial charge >= 0.3 is 0 Å². The minimum absolute atomic E-state index is 0.0564. The summed E-state index contributed by atoms with van der Waals surface area (Å²) in [5.41, 5.74) is 2.49. The summed E-state index contributed by atoms with van der Waals surface area (Å²) < 4.78 is 22.2. The largest absolute Gasteiger partial charge is 0.497 e. The van der Waals surface area contributed by atoms with Crippen LogP contribution in [-0.4, -0.2) is 61.7 Å². The Morgan fingerprint density at radius 1 is 1.11 bits per heavy atom. The lowest BCUT2D eigenvalue weighted by Gasteiger charge is -2.49. The monoisotopic (exact) mass is 502 g/mol. The molecule has 10 heteroatoms. The van der Waals surface area contributed by atoms with Crippen LogP contribution < -0.4 is 9.64 Å². The van der Waals surface area contributed by atoms with Crippen molar-refractivity contribution in [1.29, 1.82) is 5.26 Å². The van der Waals surface area contributed by atoms with Gasteiger partial charge in [-0.05, 0) is 37.5 Å². The van der Waals surface area contributed by atoms with E-state index in [1.54, 1.807) is 23.9 Å². The first-order chi connectivity index (χ1) is 18.0. The summed E-state index contributed by atoms with van der Waals surface area (Å²) in [6, 6.07) is 11.1. The minimum atomic E-state index is -0.241. The van der Waals surface area contributed by atoms with Crippen molar-refractivity contribution in [3.05, 3.63) is 53.7 Å². The summed E-state index contributed by atoms with van der Waals surface area (Å²) >= 11 is 0. The second kappa shape index (κ2) is 10.3. The van der Waals surface area contributed by atoms with Crippen LogP contribution in [0.25, 0.3) is 16.8 Å². The molecule has 1 fully saturated rings. The van der Waals surface area contributed by atoms with Gasteiger partial charge < -0.3 is 9.64 Å². The van der Waals surface area contributed by atoms with Gasteiger partial charge in [-0.3, -0.25) is 9.30 Å². The maximum Gasteiger partial charge on any atom is 0.257 e. The summed E-state index contributed by atoms with van der Waals surface area (Å²) in [4.78, 5) is 14.3. The number of nitriles is 1. The van der Waals surface area contributed by atoms with Gasteiger partial charge in [-0.2, -0.15) is 10.2 Å². The minimum Gasteiger partial charge on any atom is -0.497 e. The molecule has 0 radical (unpaired) electrons. The number of rotatable bonds is 7. The quantitative estimate of drug-likeness (QED) is 0.364. The number of fused-ring (bicyclic) bond motifs is 3. The van der Waals surface area contributed by atoms with Crippen LogP contribution in [0.15, 0.2) is 36.7 Å². The number of hydrogen-bond donors (Lipinski definition) is 0. The highest BCUT2D eigenvalue weighted by Crippen LogP contribution is 2.37. The second-order valence-electron chi connectivity index (χ2n) is 9.40. The van der Waals surface area contributed by atoms with Crippen LogP contribution in [-0.2, 0) is 0 Å². The third-order valence-electron chi connectivity index (χ3n) is 7.50. The Hall–Kier alpha value is -3.84. The molecule has 1 aliphatic heterocycles. The van der Waals surface area contributed by atoms with E-state index in [1.165, 1.54) is 6.07 Å². The number of benzene rings is 1. The lowest BCUT2D eigenvalue weighted by atomic mass is 9.94. The van der Waals surface area contributed by atoms with Gasteiger partial charge in [-0.25, -0.2) is 9.37 Å². The van der Waals surface area contributed by atoms with E-state index in [-0.39, 0.29) is 23.9 Å². The normalized spacial score (nSPS) is 19.3. The Balaban J connectivity index is 1.57. The Morgan fingerprint density at radius 3 is 2.59 bits per heavy atom. The number of halogens is 1. The van der Waals surface area contributed by atoms with Crippen molar-refractivity contribution < 1.29 is 9.13 Å². The number of anilines is 1. The van der Waals surface area contributed by atoms with Gasteiger partial charge in [-0.1, -0.05) is 26.8 Å². The molecule has 0 bridgehead atoms. The molecule has 0 N–H and O–H groups in total. The Labute approximate surface area is 215 Å². The van der Waals surface area contributed by atoms with Gasteiger partial charge in [0.25, 0.3) is 5.78 Å². The molecule has 4 heterocycles. The van der Waals surface area contributed by atoms with Crippen molar-refractivity contribution in [2.24, 2.45) is 0 Å².